The minimum atomic E-state index is 0.216. The first-order valence-corrected chi connectivity index (χ1v) is 6.37. The Labute approximate surface area is 97.2 Å². The second-order valence-corrected chi connectivity index (χ2v) is 4.69. The second kappa shape index (κ2) is 4.85. The zero-order chi connectivity index (χ0) is 10.7. The third kappa shape index (κ3) is 2.85. The molecule has 5 nitrogen and oxygen atoms in total. The molecule has 2 rings (SSSR count). The quantitative estimate of drug-likeness (QED) is 0.777. The molecule has 0 spiro atoms. The zero-order valence-electron chi connectivity index (χ0n) is 8.11. The van der Waals surface area contributed by atoms with Crippen LogP contribution >= 0.6 is 23.4 Å². The fourth-order valence-corrected chi connectivity index (χ4v) is 2.67. The summed E-state index contributed by atoms with van der Waals surface area (Å²) in [5.74, 6) is 3.78. The maximum atomic E-state index is 5.65. The van der Waals surface area contributed by atoms with Gasteiger partial charge < -0.3 is 11.1 Å². The molecule has 1 atom stereocenters. The number of rotatable bonds is 3. The fraction of sp³-hybridized carbons (Fsp3) is 0.625. The summed E-state index contributed by atoms with van der Waals surface area (Å²) in [5, 5.41) is 3.23. The van der Waals surface area contributed by atoms with E-state index in [4.69, 9.17) is 17.3 Å². The second-order valence-electron chi connectivity index (χ2n) is 3.27. The summed E-state index contributed by atoms with van der Waals surface area (Å²) in [6.45, 7) is 0. The van der Waals surface area contributed by atoms with Gasteiger partial charge in [0, 0.05) is 11.8 Å². The molecular formula is C8H12ClN5S. The van der Waals surface area contributed by atoms with Crippen molar-refractivity contribution in [1.29, 1.82) is 0 Å². The van der Waals surface area contributed by atoms with E-state index in [1.165, 1.54) is 5.75 Å². The third-order valence-electron chi connectivity index (χ3n) is 2.08. The molecule has 0 bridgehead atoms. The van der Waals surface area contributed by atoms with Crippen LogP contribution in [-0.4, -0.2) is 32.5 Å². The van der Waals surface area contributed by atoms with Crippen molar-refractivity contribution in [3.05, 3.63) is 5.82 Å². The number of nitrogens with zero attached hydrogens (tertiary/aromatic N) is 3. The Morgan fingerprint density at radius 1 is 1.47 bits per heavy atom. The van der Waals surface area contributed by atoms with Crippen LogP contribution in [0.25, 0.3) is 0 Å². The van der Waals surface area contributed by atoms with Gasteiger partial charge in [-0.1, -0.05) is 0 Å². The van der Waals surface area contributed by atoms with Crippen LogP contribution in [0, 0.1) is 0 Å². The maximum absolute atomic E-state index is 5.65. The molecule has 7 heteroatoms. The Kier molecular flexibility index (Phi) is 3.48. The summed E-state index contributed by atoms with van der Waals surface area (Å²) < 4.78 is 0. The Bertz CT molecular complexity index is 342. The van der Waals surface area contributed by atoms with E-state index in [0.29, 0.717) is 17.8 Å². The van der Waals surface area contributed by atoms with Gasteiger partial charge in [-0.3, -0.25) is 0 Å². The van der Waals surface area contributed by atoms with Gasteiger partial charge >= 0.3 is 0 Å². The molecule has 1 aliphatic rings. The van der Waals surface area contributed by atoms with Crippen LogP contribution in [0.1, 0.15) is 12.2 Å². The van der Waals surface area contributed by atoms with Gasteiger partial charge in [0.05, 0.1) is 5.88 Å². The van der Waals surface area contributed by atoms with E-state index in [1.54, 1.807) is 0 Å². The van der Waals surface area contributed by atoms with E-state index >= 15 is 0 Å². The Morgan fingerprint density at radius 3 is 3.00 bits per heavy atom. The summed E-state index contributed by atoms with van der Waals surface area (Å²) >= 11 is 7.57. The number of hydrogen-bond donors (Lipinski definition) is 2. The number of anilines is 2. The molecule has 0 amide bonds. The average Bonchev–Trinajstić information content (AvgIpc) is 2.69. The summed E-state index contributed by atoms with van der Waals surface area (Å²) in [7, 11) is 0. The first kappa shape index (κ1) is 10.8. The van der Waals surface area contributed by atoms with Crippen LogP contribution in [-0.2, 0) is 5.88 Å². The maximum Gasteiger partial charge on any atom is 0.228 e. The molecule has 1 aromatic heterocycles. The molecule has 1 aliphatic heterocycles. The first-order valence-electron chi connectivity index (χ1n) is 4.68. The summed E-state index contributed by atoms with van der Waals surface area (Å²) in [5.41, 5.74) is 5.54. The lowest BCUT2D eigenvalue weighted by Gasteiger charge is -2.11. The smallest absolute Gasteiger partial charge is 0.228 e. The molecular weight excluding hydrogens is 234 g/mol. The molecule has 15 heavy (non-hydrogen) atoms. The van der Waals surface area contributed by atoms with Gasteiger partial charge in [0.2, 0.25) is 11.9 Å². The molecule has 82 valence electrons. The number of hydrogen-bond acceptors (Lipinski definition) is 6. The van der Waals surface area contributed by atoms with Crippen LogP contribution in [0.2, 0.25) is 0 Å². The summed E-state index contributed by atoms with van der Waals surface area (Å²) in [4.78, 5) is 12.1. The van der Waals surface area contributed by atoms with Crippen molar-refractivity contribution in [2.45, 2.75) is 18.3 Å². The van der Waals surface area contributed by atoms with E-state index in [-0.39, 0.29) is 11.8 Å². The molecule has 0 saturated carbocycles. The van der Waals surface area contributed by atoms with Crippen molar-refractivity contribution in [3.8, 4) is 0 Å². The normalized spacial score (nSPS) is 20.5. The Balaban J connectivity index is 2.09. The summed E-state index contributed by atoms with van der Waals surface area (Å²) in [6, 6.07) is 0.431. The van der Waals surface area contributed by atoms with Gasteiger partial charge in [-0.2, -0.15) is 26.7 Å². The predicted octanol–water partition coefficient (Wildman–Crippen LogP) is 1.11. The largest absolute Gasteiger partial charge is 0.368 e. The van der Waals surface area contributed by atoms with Crippen molar-refractivity contribution < 1.29 is 0 Å². The lowest BCUT2D eigenvalue weighted by atomic mass is 10.3. The van der Waals surface area contributed by atoms with Crippen LogP contribution in [0.3, 0.4) is 0 Å². The monoisotopic (exact) mass is 245 g/mol. The molecule has 2 heterocycles. The van der Waals surface area contributed by atoms with Gasteiger partial charge in [0.25, 0.3) is 0 Å². The number of nitrogens with one attached hydrogen (secondary N) is 1. The minimum absolute atomic E-state index is 0.216. The number of nitrogens with two attached hydrogens (primary N) is 1. The molecule has 0 radical (unpaired) electrons. The van der Waals surface area contributed by atoms with Crippen molar-refractivity contribution in [2.75, 3.05) is 22.6 Å². The Hall–Kier alpha value is -0.750. The molecule has 3 N–H and O–H groups in total. The molecule has 1 aromatic rings. The topological polar surface area (TPSA) is 76.7 Å². The molecule has 0 aromatic carbocycles. The molecule has 1 saturated heterocycles. The first-order chi connectivity index (χ1) is 7.28. The average molecular weight is 246 g/mol. The number of nitrogen functional groups attached to an aromatic ring is 1. The minimum Gasteiger partial charge on any atom is -0.368 e. The van der Waals surface area contributed by atoms with E-state index < -0.39 is 0 Å². The highest BCUT2D eigenvalue weighted by Gasteiger charge is 2.16. The van der Waals surface area contributed by atoms with Crippen LogP contribution in [0.5, 0.6) is 0 Å². The Morgan fingerprint density at radius 2 is 2.33 bits per heavy atom. The van der Waals surface area contributed by atoms with Crippen molar-refractivity contribution >= 4 is 35.3 Å². The SMILES string of the molecule is Nc1nc(CCl)nc(NC2CCSC2)n1. The third-order valence-corrected chi connectivity index (χ3v) is 3.48. The lowest BCUT2D eigenvalue weighted by molar-refractivity contribution is 0.792. The number of aromatic nitrogens is 3. The van der Waals surface area contributed by atoms with Crippen molar-refractivity contribution in [1.82, 2.24) is 15.0 Å². The zero-order valence-corrected chi connectivity index (χ0v) is 9.68. The lowest BCUT2D eigenvalue weighted by Crippen LogP contribution is -2.21. The predicted molar refractivity (Wildman–Crippen MR) is 63.1 cm³/mol. The van der Waals surface area contributed by atoms with Crippen molar-refractivity contribution in [3.63, 3.8) is 0 Å². The number of alkyl halides is 1. The molecule has 0 aliphatic carbocycles. The van der Waals surface area contributed by atoms with Gasteiger partial charge in [0.1, 0.15) is 0 Å². The van der Waals surface area contributed by atoms with Gasteiger partial charge in [0.15, 0.2) is 5.82 Å². The van der Waals surface area contributed by atoms with E-state index in [1.807, 2.05) is 11.8 Å². The highest BCUT2D eigenvalue weighted by molar-refractivity contribution is 7.99. The number of halogens is 1. The summed E-state index contributed by atoms with van der Waals surface area (Å²) in [6.07, 6.45) is 1.13. The fourth-order valence-electron chi connectivity index (χ4n) is 1.39. The van der Waals surface area contributed by atoms with Gasteiger partial charge in [-0.25, -0.2) is 0 Å². The van der Waals surface area contributed by atoms with E-state index in [9.17, 15) is 0 Å². The van der Waals surface area contributed by atoms with Crippen LogP contribution in [0.4, 0.5) is 11.9 Å². The highest BCUT2D eigenvalue weighted by Crippen LogP contribution is 2.20. The van der Waals surface area contributed by atoms with E-state index in [2.05, 4.69) is 20.3 Å². The standard InChI is InChI=1S/C8H12ClN5S/c9-3-6-12-7(10)14-8(13-6)11-5-1-2-15-4-5/h5H,1-4H2,(H3,10,11,12,13,14). The molecule has 1 fully saturated rings. The molecule has 1 unspecified atom stereocenters. The van der Waals surface area contributed by atoms with Crippen LogP contribution < -0.4 is 11.1 Å². The van der Waals surface area contributed by atoms with Crippen LogP contribution in [0.15, 0.2) is 0 Å². The van der Waals surface area contributed by atoms with Crippen molar-refractivity contribution in [2.24, 2.45) is 0 Å². The van der Waals surface area contributed by atoms with E-state index in [0.717, 1.165) is 12.2 Å². The van der Waals surface area contributed by atoms with Gasteiger partial charge in [-0.15, -0.1) is 11.6 Å². The number of thioether (sulfide) groups is 1. The van der Waals surface area contributed by atoms with Gasteiger partial charge in [-0.05, 0) is 12.2 Å². The highest BCUT2D eigenvalue weighted by atomic mass is 35.5.